The fourth-order valence-electron chi connectivity index (χ4n) is 2.88. The van der Waals surface area contributed by atoms with E-state index in [1.807, 2.05) is 12.1 Å². The number of benzene rings is 1. The number of aromatic amines is 1. The van der Waals surface area contributed by atoms with Crippen LogP contribution in [0.25, 0.3) is 11.3 Å². The van der Waals surface area contributed by atoms with Gasteiger partial charge in [-0.05, 0) is 24.0 Å². The average molecular weight is 292 g/mol. The van der Waals surface area contributed by atoms with Crippen molar-refractivity contribution in [2.45, 2.75) is 18.3 Å². The largest absolute Gasteiger partial charge is 0.383 e. The van der Waals surface area contributed by atoms with Gasteiger partial charge >= 0.3 is 0 Å². The molecule has 0 aliphatic heterocycles. The summed E-state index contributed by atoms with van der Waals surface area (Å²) in [5.74, 6) is 1.57. The quantitative estimate of drug-likeness (QED) is 0.686. The van der Waals surface area contributed by atoms with E-state index in [0.717, 1.165) is 17.8 Å². The molecule has 1 saturated carbocycles. The molecule has 1 fully saturated rings. The summed E-state index contributed by atoms with van der Waals surface area (Å²) in [5.41, 5.74) is 15.4. The van der Waals surface area contributed by atoms with Gasteiger partial charge in [-0.2, -0.15) is 10.1 Å². The summed E-state index contributed by atoms with van der Waals surface area (Å²) in [6, 6.07) is 12.6. The van der Waals surface area contributed by atoms with Gasteiger partial charge in [-0.15, -0.1) is 0 Å². The number of hydrogen-bond donors (Lipinski definition) is 3. The normalized spacial score (nSPS) is 20.0. The Kier molecular flexibility index (Phi) is 2.82. The monoisotopic (exact) mass is 292 g/mol. The average Bonchev–Trinajstić information content (AvgIpc) is 3.18. The number of nitrogen functional groups attached to an aromatic ring is 2. The van der Waals surface area contributed by atoms with Crippen LogP contribution in [0.4, 0.5) is 11.8 Å². The van der Waals surface area contributed by atoms with E-state index in [0.29, 0.717) is 23.2 Å². The van der Waals surface area contributed by atoms with Crippen molar-refractivity contribution in [3.05, 3.63) is 53.9 Å². The number of nitrogens with one attached hydrogen (secondary N) is 1. The van der Waals surface area contributed by atoms with Gasteiger partial charge in [-0.1, -0.05) is 30.3 Å². The second-order valence-electron chi connectivity index (χ2n) is 5.60. The number of rotatable bonds is 3. The highest BCUT2D eigenvalue weighted by molar-refractivity contribution is 5.70. The Morgan fingerprint density at radius 3 is 2.68 bits per heavy atom. The molecular weight excluding hydrogens is 276 g/mol. The van der Waals surface area contributed by atoms with Crippen molar-refractivity contribution in [2.24, 2.45) is 0 Å². The topological polar surface area (TPSA) is 106 Å². The molecule has 0 bridgehead atoms. The van der Waals surface area contributed by atoms with Crippen LogP contribution in [-0.2, 0) is 0 Å². The van der Waals surface area contributed by atoms with E-state index in [4.69, 9.17) is 11.5 Å². The lowest BCUT2D eigenvalue weighted by molar-refractivity contribution is 0.933. The highest BCUT2D eigenvalue weighted by Crippen LogP contribution is 2.54. The lowest BCUT2D eigenvalue weighted by Gasteiger charge is -2.00. The highest BCUT2D eigenvalue weighted by Gasteiger charge is 2.40. The highest BCUT2D eigenvalue weighted by atomic mass is 15.1. The molecule has 1 aromatic carbocycles. The summed E-state index contributed by atoms with van der Waals surface area (Å²) >= 11 is 0. The number of aromatic nitrogens is 4. The SMILES string of the molecule is Nc1ncc(-c2cc(C3CC3c3ccccc3)[nH]n2)c(N)n1. The lowest BCUT2D eigenvalue weighted by Crippen LogP contribution is -2.01. The Morgan fingerprint density at radius 1 is 1.09 bits per heavy atom. The molecule has 22 heavy (non-hydrogen) atoms. The predicted molar refractivity (Wildman–Crippen MR) is 85.0 cm³/mol. The van der Waals surface area contributed by atoms with E-state index in [2.05, 4.69) is 44.4 Å². The number of nitrogens with zero attached hydrogens (tertiary/aromatic N) is 3. The number of H-pyrrole nitrogens is 1. The van der Waals surface area contributed by atoms with Gasteiger partial charge < -0.3 is 11.5 Å². The third-order valence-corrected chi connectivity index (χ3v) is 4.13. The van der Waals surface area contributed by atoms with Crippen molar-refractivity contribution in [2.75, 3.05) is 11.5 Å². The summed E-state index contributed by atoms with van der Waals surface area (Å²) in [6.07, 6.45) is 2.75. The van der Waals surface area contributed by atoms with E-state index in [9.17, 15) is 0 Å². The van der Waals surface area contributed by atoms with Crippen LogP contribution in [0.2, 0.25) is 0 Å². The van der Waals surface area contributed by atoms with Gasteiger partial charge in [0.1, 0.15) is 5.82 Å². The van der Waals surface area contributed by atoms with E-state index in [1.165, 1.54) is 5.56 Å². The van der Waals surface area contributed by atoms with Crippen molar-refractivity contribution >= 4 is 11.8 Å². The summed E-state index contributed by atoms with van der Waals surface area (Å²) in [4.78, 5) is 7.95. The Labute approximate surface area is 127 Å². The molecule has 2 unspecified atom stereocenters. The molecule has 4 rings (SSSR count). The van der Waals surface area contributed by atoms with E-state index >= 15 is 0 Å². The standard InChI is InChI=1S/C16H16N6/c17-15-12(8-19-16(18)20-15)14-7-13(21-22-14)11-6-10(11)9-4-2-1-3-5-9/h1-5,7-8,10-11H,6H2,(H,21,22)(H4,17,18,19,20). The molecule has 0 radical (unpaired) electrons. The first-order valence-electron chi connectivity index (χ1n) is 7.21. The van der Waals surface area contributed by atoms with Gasteiger partial charge in [0.2, 0.25) is 5.95 Å². The van der Waals surface area contributed by atoms with Crippen molar-refractivity contribution in [3.8, 4) is 11.3 Å². The zero-order valence-corrected chi connectivity index (χ0v) is 11.9. The van der Waals surface area contributed by atoms with Crippen LogP contribution in [-0.4, -0.2) is 20.2 Å². The fraction of sp³-hybridized carbons (Fsp3) is 0.188. The molecule has 0 saturated heterocycles. The molecule has 0 spiro atoms. The van der Waals surface area contributed by atoms with Gasteiger partial charge in [0, 0.05) is 17.8 Å². The molecule has 2 atom stereocenters. The van der Waals surface area contributed by atoms with Crippen LogP contribution >= 0.6 is 0 Å². The van der Waals surface area contributed by atoms with Crippen LogP contribution in [0, 0.1) is 0 Å². The molecule has 1 aliphatic rings. The molecule has 6 heteroatoms. The number of anilines is 2. The number of hydrogen-bond acceptors (Lipinski definition) is 5. The van der Waals surface area contributed by atoms with Gasteiger partial charge in [-0.3, -0.25) is 5.10 Å². The Balaban J connectivity index is 1.58. The minimum Gasteiger partial charge on any atom is -0.383 e. The second kappa shape index (κ2) is 4.84. The molecule has 6 nitrogen and oxygen atoms in total. The molecule has 3 aromatic rings. The first-order chi connectivity index (χ1) is 10.7. The Morgan fingerprint density at radius 2 is 1.91 bits per heavy atom. The summed E-state index contributed by atoms with van der Waals surface area (Å²) in [7, 11) is 0. The first kappa shape index (κ1) is 12.8. The molecule has 5 N–H and O–H groups in total. The van der Waals surface area contributed by atoms with Gasteiger partial charge in [0.15, 0.2) is 0 Å². The summed E-state index contributed by atoms with van der Waals surface area (Å²) < 4.78 is 0. The third kappa shape index (κ3) is 2.18. The first-order valence-corrected chi connectivity index (χ1v) is 7.21. The smallest absolute Gasteiger partial charge is 0.221 e. The maximum Gasteiger partial charge on any atom is 0.221 e. The zero-order chi connectivity index (χ0) is 15.1. The van der Waals surface area contributed by atoms with Gasteiger partial charge in [0.25, 0.3) is 0 Å². The molecule has 2 aromatic heterocycles. The third-order valence-electron chi connectivity index (χ3n) is 4.13. The zero-order valence-electron chi connectivity index (χ0n) is 11.9. The lowest BCUT2D eigenvalue weighted by atomic mass is 10.1. The second-order valence-corrected chi connectivity index (χ2v) is 5.60. The Hall–Kier alpha value is -2.89. The maximum absolute atomic E-state index is 5.89. The molecular formula is C16H16N6. The predicted octanol–water partition coefficient (Wildman–Crippen LogP) is 2.30. The molecule has 0 amide bonds. The van der Waals surface area contributed by atoms with Crippen LogP contribution in [0.5, 0.6) is 0 Å². The van der Waals surface area contributed by atoms with Crippen molar-refractivity contribution in [3.63, 3.8) is 0 Å². The fourth-order valence-corrected chi connectivity index (χ4v) is 2.88. The van der Waals surface area contributed by atoms with Crippen LogP contribution in [0.1, 0.15) is 29.5 Å². The number of nitrogens with two attached hydrogens (primary N) is 2. The minimum absolute atomic E-state index is 0.170. The van der Waals surface area contributed by atoms with Gasteiger partial charge in [-0.25, -0.2) is 4.98 Å². The van der Waals surface area contributed by atoms with Crippen LogP contribution in [0.15, 0.2) is 42.6 Å². The molecule has 2 heterocycles. The maximum atomic E-state index is 5.89. The van der Waals surface area contributed by atoms with Crippen LogP contribution in [0.3, 0.4) is 0 Å². The van der Waals surface area contributed by atoms with Crippen molar-refractivity contribution < 1.29 is 0 Å². The van der Waals surface area contributed by atoms with Crippen molar-refractivity contribution in [1.82, 2.24) is 20.2 Å². The summed E-state index contributed by atoms with van der Waals surface area (Å²) in [6.45, 7) is 0. The van der Waals surface area contributed by atoms with E-state index < -0.39 is 0 Å². The Bertz CT molecular complexity index is 811. The summed E-state index contributed by atoms with van der Waals surface area (Å²) in [5, 5.41) is 7.46. The molecule has 1 aliphatic carbocycles. The van der Waals surface area contributed by atoms with E-state index in [1.54, 1.807) is 6.20 Å². The van der Waals surface area contributed by atoms with Gasteiger partial charge in [0.05, 0.1) is 11.3 Å². The van der Waals surface area contributed by atoms with Crippen molar-refractivity contribution in [1.29, 1.82) is 0 Å². The van der Waals surface area contributed by atoms with E-state index in [-0.39, 0.29) is 5.95 Å². The molecule has 110 valence electrons. The van der Waals surface area contributed by atoms with Crippen LogP contribution < -0.4 is 11.5 Å². The minimum atomic E-state index is 0.170.